The summed E-state index contributed by atoms with van der Waals surface area (Å²) in [4.78, 5) is 12.4. The number of carbonyl (C=O) groups excluding carboxylic acids is 1. The molecule has 2 aliphatic rings. The van der Waals surface area contributed by atoms with Crippen LogP contribution in [-0.2, 0) is 20.6 Å². The Hall–Kier alpha value is -1.66. The molecule has 0 unspecified atom stereocenters. The van der Waals surface area contributed by atoms with Crippen molar-refractivity contribution in [1.82, 2.24) is 9.62 Å². The minimum Gasteiger partial charge on any atom is -0.352 e. The molecule has 27 heavy (non-hydrogen) atoms. The number of nitrogens with zero attached hydrogens (tertiary/aromatic N) is 1. The number of hydrogen-bond donors (Lipinski definition) is 1. The highest BCUT2D eigenvalue weighted by molar-refractivity contribution is 7.88. The van der Waals surface area contributed by atoms with E-state index in [2.05, 4.69) is 11.4 Å². The van der Waals surface area contributed by atoms with Gasteiger partial charge in [0.25, 0.3) is 0 Å². The van der Waals surface area contributed by atoms with Crippen LogP contribution in [0.5, 0.6) is 0 Å². The monoisotopic (exact) mass is 390 g/mol. The third kappa shape index (κ3) is 5.66. The first-order chi connectivity index (χ1) is 12.9. The van der Waals surface area contributed by atoms with E-state index in [1.165, 1.54) is 18.4 Å². The van der Waals surface area contributed by atoms with Crippen LogP contribution in [0.2, 0.25) is 0 Å². The molecule has 0 aromatic heterocycles. The van der Waals surface area contributed by atoms with E-state index in [0.717, 1.165) is 24.0 Å². The maximum atomic E-state index is 12.7. The van der Waals surface area contributed by atoms with Crippen LogP contribution in [0.15, 0.2) is 35.9 Å². The van der Waals surface area contributed by atoms with Gasteiger partial charge in [-0.05, 0) is 51.0 Å². The Morgan fingerprint density at radius 2 is 2.00 bits per heavy atom. The van der Waals surface area contributed by atoms with Crippen LogP contribution in [0.1, 0.15) is 49.7 Å². The lowest BCUT2D eigenvalue weighted by Gasteiger charge is -2.30. The maximum Gasteiger partial charge on any atom is 0.223 e. The first-order valence-corrected chi connectivity index (χ1v) is 11.5. The molecular formula is C21H30N2O3S. The van der Waals surface area contributed by atoms with E-state index in [4.69, 9.17) is 0 Å². The van der Waals surface area contributed by atoms with Crippen LogP contribution in [0.4, 0.5) is 0 Å². The Balaban J connectivity index is 1.48. The number of rotatable bonds is 6. The molecule has 1 amide bonds. The molecule has 1 N–H and O–H groups in total. The number of nitrogens with one attached hydrogen (secondary N) is 1. The third-order valence-corrected chi connectivity index (χ3v) is 7.37. The lowest BCUT2D eigenvalue weighted by Crippen LogP contribution is -2.43. The molecular weight excluding hydrogens is 360 g/mol. The fraction of sp³-hybridized carbons (Fsp3) is 0.571. The Bertz CT molecular complexity index is 793. The number of hydrogen-bond acceptors (Lipinski definition) is 3. The first kappa shape index (κ1) is 20.1. The molecule has 1 fully saturated rings. The topological polar surface area (TPSA) is 66.5 Å². The van der Waals surface area contributed by atoms with Gasteiger partial charge in [-0.15, -0.1) is 0 Å². The van der Waals surface area contributed by atoms with Crippen molar-refractivity contribution in [3.05, 3.63) is 47.0 Å². The van der Waals surface area contributed by atoms with Crippen LogP contribution >= 0.6 is 0 Å². The quantitative estimate of drug-likeness (QED) is 0.759. The van der Waals surface area contributed by atoms with Crippen LogP contribution in [-0.4, -0.2) is 38.3 Å². The Morgan fingerprint density at radius 3 is 2.67 bits per heavy atom. The Morgan fingerprint density at radius 1 is 1.22 bits per heavy atom. The average molecular weight is 391 g/mol. The smallest absolute Gasteiger partial charge is 0.223 e. The van der Waals surface area contributed by atoms with Gasteiger partial charge in [0, 0.05) is 25.6 Å². The standard InChI is InChI=1S/C21H30N2O3S/c1-17-6-5-9-19(14-17)16-27(25,26)23-12-10-20(11-13-23)21(24)22-15-18-7-3-2-4-8-18/h5-7,9,14,20H,2-4,8,10-13,15-16H2,1H3,(H,22,24). The van der Waals surface area contributed by atoms with Gasteiger partial charge >= 0.3 is 0 Å². The van der Waals surface area contributed by atoms with Crippen molar-refractivity contribution in [3.63, 3.8) is 0 Å². The molecule has 1 saturated heterocycles. The van der Waals surface area contributed by atoms with Gasteiger partial charge in [-0.1, -0.05) is 41.5 Å². The number of benzene rings is 1. The van der Waals surface area contributed by atoms with Crippen LogP contribution in [0.3, 0.4) is 0 Å². The van der Waals surface area contributed by atoms with Crippen molar-refractivity contribution >= 4 is 15.9 Å². The van der Waals surface area contributed by atoms with Crippen molar-refractivity contribution in [2.45, 2.75) is 51.2 Å². The average Bonchev–Trinajstić information content (AvgIpc) is 2.67. The van der Waals surface area contributed by atoms with E-state index in [1.54, 1.807) is 4.31 Å². The summed E-state index contributed by atoms with van der Waals surface area (Å²) in [6.45, 7) is 3.46. The van der Waals surface area contributed by atoms with Gasteiger partial charge in [-0.2, -0.15) is 0 Å². The summed E-state index contributed by atoms with van der Waals surface area (Å²) in [7, 11) is -3.34. The molecule has 1 aromatic carbocycles. The summed E-state index contributed by atoms with van der Waals surface area (Å²) in [5.41, 5.74) is 3.20. The Kier molecular flexibility index (Phi) is 6.71. The molecule has 1 aromatic rings. The summed E-state index contributed by atoms with van der Waals surface area (Å²) in [5.74, 6) is 0.0106. The van der Waals surface area contributed by atoms with Crippen molar-refractivity contribution in [2.24, 2.45) is 5.92 Å². The molecule has 1 aliphatic carbocycles. The van der Waals surface area contributed by atoms with E-state index < -0.39 is 10.0 Å². The van der Waals surface area contributed by atoms with E-state index in [0.29, 0.717) is 32.5 Å². The van der Waals surface area contributed by atoms with E-state index in [1.807, 2.05) is 31.2 Å². The molecule has 0 saturated carbocycles. The molecule has 148 valence electrons. The van der Waals surface area contributed by atoms with Gasteiger partial charge in [-0.3, -0.25) is 4.79 Å². The fourth-order valence-corrected chi connectivity index (χ4v) is 5.46. The third-order valence-electron chi connectivity index (χ3n) is 5.52. The Labute approximate surface area is 162 Å². The summed E-state index contributed by atoms with van der Waals surface area (Å²) in [6.07, 6.45) is 8.07. The van der Waals surface area contributed by atoms with Crippen molar-refractivity contribution in [3.8, 4) is 0 Å². The van der Waals surface area contributed by atoms with E-state index in [9.17, 15) is 13.2 Å². The van der Waals surface area contributed by atoms with Gasteiger partial charge < -0.3 is 5.32 Å². The predicted molar refractivity (Wildman–Crippen MR) is 108 cm³/mol. The zero-order chi connectivity index (χ0) is 19.3. The molecule has 1 heterocycles. The second kappa shape index (κ2) is 9.02. The number of sulfonamides is 1. The molecule has 6 heteroatoms. The van der Waals surface area contributed by atoms with Gasteiger partial charge in [0.2, 0.25) is 15.9 Å². The van der Waals surface area contributed by atoms with Gasteiger partial charge in [0.1, 0.15) is 0 Å². The highest BCUT2D eigenvalue weighted by atomic mass is 32.2. The van der Waals surface area contributed by atoms with Gasteiger partial charge in [-0.25, -0.2) is 12.7 Å². The highest BCUT2D eigenvalue weighted by Crippen LogP contribution is 2.23. The summed E-state index contributed by atoms with van der Waals surface area (Å²) < 4.78 is 26.9. The van der Waals surface area contributed by atoms with Crippen LogP contribution in [0.25, 0.3) is 0 Å². The molecule has 0 radical (unpaired) electrons. The summed E-state index contributed by atoms with van der Waals surface area (Å²) in [5, 5.41) is 3.05. The number of carbonyl (C=O) groups is 1. The van der Waals surface area contributed by atoms with Crippen LogP contribution in [0, 0.1) is 12.8 Å². The number of allylic oxidation sites excluding steroid dienone is 1. The van der Waals surface area contributed by atoms with Crippen LogP contribution < -0.4 is 5.32 Å². The van der Waals surface area contributed by atoms with Gasteiger partial charge in [0.05, 0.1) is 5.75 Å². The molecule has 3 rings (SSSR count). The predicted octanol–water partition coefficient (Wildman–Crippen LogP) is 3.15. The summed E-state index contributed by atoms with van der Waals surface area (Å²) >= 11 is 0. The SMILES string of the molecule is Cc1cccc(CS(=O)(=O)N2CCC(C(=O)NCC3=CCCCC3)CC2)c1. The number of aryl methyl sites for hydroxylation is 1. The number of amides is 1. The molecule has 0 atom stereocenters. The second-order valence-corrected chi connectivity index (χ2v) is 9.71. The zero-order valence-electron chi connectivity index (χ0n) is 16.1. The van der Waals surface area contributed by atoms with E-state index >= 15 is 0 Å². The van der Waals surface area contributed by atoms with Crippen molar-refractivity contribution in [1.29, 1.82) is 0 Å². The maximum absolute atomic E-state index is 12.7. The van der Waals surface area contributed by atoms with Gasteiger partial charge in [0.15, 0.2) is 0 Å². The normalized spacial score (nSPS) is 19.5. The minimum atomic E-state index is -3.34. The second-order valence-electron chi connectivity index (χ2n) is 7.74. The molecule has 1 aliphatic heterocycles. The lowest BCUT2D eigenvalue weighted by atomic mass is 9.96. The summed E-state index contributed by atoms with van der Waals surface area (Å²) in [6, 6.07) is 7.62. The largest absolute Gasteiger partial charge is 0.352 e. The fourth-order valence-electron chi connectivity index (χ4n) is 3.91. The first-order valence-electron chi connectivity index (χ1n) is 9.93. The van der Waals surface area contributed by atoms with Crippen molar-refractivity contribution < 1.29 is 13.2 Å². The number of piperidine rings is 1. The molecule has 5 nitrogen and oxygen atoms in total. The lowest BCUT2D eigenvalue weighted by molar-refractivity contribution is -0.125. The zero-order valence-corrected chi connectivity index (χ0v) is 16.9. The molecule has 0 bridgehead atoms. The van der Waals surface area contributed by atoms with Crippen molar-refractivity contribution in [2.75, 3.05) is 19.6 Å². The molecule has 0 spiro atoms. The minimum absolute atomic E-state index is 0.0275. The highest BCUT2D eigenvalue weighted by Gasteiger charge is 2.31. The van der Waals surface area contributed by atoms with E-state index in [-0.39, 0.29) is 17.6 Å².